The summed E-state index contributed by atoms with van der Waals surface area (Å²) in [6.07, 6.45) is 2.18. The number of hydrogen-bond donors (Lipinski definition) is 1. The van der Waals surface area contributed by atoms with E-state index in [-0.39, 0.29) is 4.21 Å². The molecule has 2 heterocycles. The van der Waals surface area contributed by atoms with Crippen molar-refractivity contribution >= 4 is 21.4 Å². The summed E-state index contributed by atoms with van der Waals surface area (Å²) < 4.78 is 32.4. The quantitative estimate of drug-likeness (QED) is 0.752. The van der Waals surface area contributed by atoms with Gasteiger partial charge in [0.1, 0.15) is 4.21 Å². The van der Waals surface area contributed by atoms with Crippen molar-refractivity contribution in [3.63, 3.8) is 0 Å². The minimum absolute atomic E-state index is 0.270. The summed E-state index contributed by atoms with van der Waals surface area (Å²) in [5, 5.41) is 3.62. The monoisotopic (exact) mass is 334 g/mol. The number of thiophene rings is 1. The molecular formula is C15H14N2O3S2. The molecule has 7 heteroatoms. The van der Waals surface area contributed by atoms with Gasteiger partial charge in [-0.1, -0.05) is 35.5 Å². The Bertz CT molecular complexity index is 825. The molecule has 0 saturated carbocycles. The van der Waals surface area contributed by atoms with E-state index in [2.05, 4.69) is 9.88 Å². The summed E-state index contributed by atoms with van der Waals surface area (Å²) >= 11 is 1.16. The van der Waals surface area contributed by atoms with Crippen molar-refractivity contribution in [1.29, 1.82) is 0 Å². The van der Waals surface area contributed by atoms with Crippen LogP contribution in [-0.2, 0) is 16.4 Å². The van der Waals surface area contributed by atoms with E-state index < -0.39 is 10.0 Å². The van der Waals surface area contributed by atoms with Gasteiger partial charge in [-0.25, -0.2) is 13.1 Å². The summed E-state index contributed by atoms with van der Waals surface area (Å²) in [5.41, 5.74) is 1.10. The fourth-order valence-electron chi connectivity index (χ4n) is 1.99. The molecule has 3 aromatic rings. The molecule has 114 valence electrons. The first kappa shape index (κ1) is 15.0. The van der Waals surface area contributed by atoms with Gasteiger partial charge in [-0.05, 0) is 24.1 Å². The maximum absolute atomic E-state index is 12.3. The van der Waals surface area contributed by atoms with E-state index >= 15 is 0 Å². The Morgan fingerprint density at radius 2 is 1.91 bits per heavy atom. The second-order valence-electron chi connectivity index (χ2n) is 4.63. The molecule has 1 N–H and O–H groups in total. The van der Waals surface area contributed by atoms with E-state index in [0.717, 1.165) is 21.8 Å². The van der Waals surface area contributed by atoms with Crippen LogP contribution in [0.4, 0.5) is 0 Å². The maximum Gasteiger partial charge on any atom is 0.250 e. The molecule has 0 atom stereocenters. The van der Waals surface area contributed by atoms with Gasteiger partial charge in [0.25, 0.3) is 0 Å². The lowest BCUT2D eigenvalue weighted by Gasteiger charge is -2.04. The predicted molar refractivity (Wildman–Crippen MR) is 85.2 cm³/mol. The lowest BCUT2D eigenvalue weighted by atomic mass is 10.2. The van der Waals surface area contributed by atoms with Crippen molar-refractivity contribution in [1.82, 2.24) is 9.88 Å². The zero-order chi connectivity index (χ0) is 15.4. The molecule has 0 aliphatic carbocycles. The second kappa shape index (κ2) is 6.43. The Hall–Kier alpha value is -1.96. The minimum Gasteiger partial charge on any atom is -0.355 e. The van der Waals surface area contributed by atoms with Crippen molar-refractivity contribution in [3.05, 3.63) is 60.3 Å². The highest BCUT2D eigenvalue weighted by atomic mass is 32.2. The number of sulfonamides is 1. The molecule has 0 aliphatic rings. The maximum atomic E-state index is 12.3. The summed E-state index contributed by atoms with van der Waals surface area (Å²) in [5.74, 6) is 0.565. The van der Waals surface area contributed by atoms with Crippen LogP contribution < -0.4 is 4.72 Å². The Morgan fingerprint density at radius 1 is 1.09 bits per heavy atom. The zero-order valence-corrected chi connectivity index (χ0v) is 13.2. The first-order valence-electron chi connectivity index (χ1n) is 6.70. The van der Waals surface area contributed by atoms with Crippen LogP contribution in [0, 0.1) is 0 Å². The Kier molecular flexibility index (Phi) is 4.37. The molecule has 0 fully saturated rings. The summed E-state index contributed by atoms with van der Waals surface area (Å²) in [7, 11) is -3.49. The molecule has 5 nitrogen and oxygen atoms in total. The van der Waals surface area contributed by atoms with Crippen LogP contribution in [0.2, 0.25) is 0 Å². The average Bonchev–Trinajstić information content (AvgIpc) is 3.19. The highest BCUT2D eigenvalue weighted by Crippen LogP contribution is 2.30. The molecule has 2 aromatic heterocycles. The number of aromatic nitrogens is 1. The summed E-state index contributed by atoms with van der Waals surface area (Å²) in [4.78, 5) is 0.737. The molecule has 0 spiro atoms. The van der Waals surface area contributed by atoms with Crippen molar-refractivity contribution in [2.75, 3.05) is 6.54 Å². The molecule has 0 amide bonds. The highest BCUT2D eigenvalue weighted by Gasteiger charge is 2.17. The van der Waals surface area contributed by atoms with Crippen LogP contribution in [-0.4, -0.2) is 20.1 Å². The van der Waals surface area contributed by atoms with Crippen molar-refractivity contribution < 1.29 is 12.9 Å². The van der Waals surface area contributed by atoms with Gasteiger partial charge in [0.2, 0.25) is 10.0 Å². The van der Waals surface area contributed by atoms with Gasteiger partial charge in [-0.15, -0.1) is 11.3 Å². The van der Waals surface area contributed by atoms with Crippen molar-refractivity contribution in [2.24, 2.45) is 0 Å². The van der Waals surface area contributed by atoms with Crippen LogP contribution in [0.25, 0.3) is 10.6 Å². The van der Waals surface area contributed by atoms with Gasteiger partial charge in [-0.2, -0.15) is 0 Å². The van der Waals surface area contributed by atoms with Crippen LogP contribution >= 0.6 is 11.3 Å². The Balaban J connectivity index is 1.66. The third kappa shape index (κ3) is 3.44. The lowest BCUT2D eigenvalue weighted by molar-refractivity contribution is 0.433. The van der Waals surface area contributed by atoms with Crippen LogP contribution in [0.5, 0.6) is 0 Å². The van der Waals surface area contributed by atoms with Crippen LogP contribution in [0.3, 0.4) is 0 Å². The second-order valence-corrected chi connectivity index (χ2v) is 7.71. The van der Waals surface area contributed by atoms with Crippen molar-refractivity contribution in [3.8, 4) is 10.6 Å². The molecule has 3 rings (SSSR count). The van der Waals surface area contributed by atoms with E-state index in [1.165, 1.54) is 6.20 Å². The highest BCUT2D eigenvalue weighted by molar-refractivity contribution is 7.91. The number of benzene rings is 1. The van der Waals surface area contributed by atoms with E-state index in [0.29, 0.717) is 18.7 Å². The SMILES string of the molecule is O=S(=O)(NCCc1ccccc1)c1ccc(-c2ccno2)s1. The average molecular weight is 334 g/mol. The largest absolute Gasteiger partial charge is 0.355 e. The van der Waals surface area contributed by atoms with Gasteiger partial charge in [0, 0.05) is 12.6 Å². The standard InChI is InChI=1S/C15H14N2O3S2/c18-22(19,17-11-8-12-4-2-1-3-5-12)15-7-6-14(21-15)13-9-10-16-20-13/h1-7,9-10,17H,8,11H2. The normalized spacial score (nSPS) is 11.6. The van der Waals surface area contributed by atoms with Gasteiger partial charge < -0.3 is 4.52 Å². The molecule has 22 heavy (non-hydrogen) atoms. The van der Waals surface area contributed by atoms with Crippen LogP contribution in [0.1, 0.15) is 5.56 Å². The molecule has 0 saturated heterocycles. The molecule has 0 unspecified atom stereocenters. The third-order valence-electron chi connectivity index (χ3n) is 3.08. The first-order valence-corrected chi connectivity index (χ1v) is 8.99. The summed E-state index contributed by atoms with van der Waals surface area (Å²) in [6, 6.07) is 14.8. The first-order chi connectivity index (χ1) is 10.6. The minimum atomic E-state index is -3.49. The van der Waals surface area contributed by atoms with Gasteiger partial charge in [0.15, 0.2) is 5.76 Å². The van der Waals surface area contributed by atoms with Gasteiger partial charge >= 0.3 is 0 Å². The topological polar surface area (TPSA) is 72.2 Å². The number of rotatable bonds is 6. The Morgan fingerprint density at radius 3 is 2.64 bits per heavy atom. The number of nitrogens with one attached hydrogen (secondary N) is 1. The molecule has 0 bridgehead atoms. The fraction of sp³-hybridized carbons (Fsp3) is 0.133. The number of nitrogens with zero attached hydrogens (tertiary/aromatic N) is 1. The van der Waals surface area contributed by atoms with Gasteiger partial charge in [0.05, 0.1) is 11.1 Å². The van der Waals surface area contributed by atoms with E-state index in [4.69, 9.17) is 4.52 Å². The lowest BCUT2D eigenvalue weighted by Crippen LogP contribution is -2.25. The van der Waals surface area contributed by atoms with E-state index in [9.17, 15) is 8.42 Å². The molecule has 0 aliphatic heterocycles. The predicted octanol–water partition coefficient (Wildman–Crippen LogP) is 2.92. The molecular weight excluding hydrogens is 320 g/mol. The zero-order valence-electron chi connectivity index (χ0n) is 11.6. The molecule has 0 radical (unpaired) electrons. The van der Waals surface area contributed by atoms with E-state index in [1.807, 2.05) is 30.3 Å². The summed E-state index contributed by atoms with van der Waals surface area (Å²) in [6.45, 7) is 0.363. The van der Waals surface area contributed by atoms with Crippen LogP contribution in [0.15, 0.2) is 63.5 Å². The van der Waals surface area contributed by atoms with Gasteiger partial charge in [-0.3, -0.25) is 0 Å². The molecule has 1 aromatic carbocycles. The number of hydrogen-bond acceptors (Lipinski definition) is 5. The Labute approximate surface area is 132 Å². The third-order valence-corrected chi connectivity index (χ3v) is 6.13. The van der Waals surface area contributed by atoms with Crippen molar-refractivity contribution in [2.45, 2.75) is 10.6 Å². The fourth-order valence-corrected chi connectivity index (χ4v) is 4.33. The van der Waals surface area contributed by atoms with E-state index in [1.54, 1.807) is 18.2 Å². The smallest absolute Gasteiger partial charge is 0.250 e.